The molecule has 1 aromatic rings. The van der Waals surface area contributed by atoms with Crippen molar-refractivity contribution in [2.24, 2.45) is 11.8 Å². The molecule has 1 aliphatic heterocycles. The van der Waals surface area contributed by atoms with E-state index in [0.717, 1.165) is 5.56 Å². The summed E-state index contributed by atoms with van der Waals surface area (Å²) in [5.41, 5.74) is 1.60. The molecule has 114 valence electrons. The van der Waals surface area contributed by atoms with Crippen LogP contribution in [0.5, 0.6) is 0 Å². The molecule has 0 saturated carbocycles. The minimum Gasteiger partial charge on any atom is -0.481 e. The van der Waals surface area contributed by atoms with Gasteiger partial charge in [0, 0.05) is 30.8 Å². The molecule has 3 unspecified atom stereocenters. The second-order valence-corrected chi connectivity index (χ2v) is 5.85. The first-order valence-electron chi connectivity index (χ1n) is 7.03. The van der Waals surface area contributed by atoms with E-state index in [4.69, 9.17) is 0 Å². The summed E-state index contributed by atoms with van der Waals surface area (Å²) >= 11 is 0. The second kappa shape index (κ2) is 5.81. The van der Waals surface area contributed by atoms with Crippen LogP contribution in [0.4, 0.5) is 5.69 Å². The first kappa shape index (κ1) is 15.4. The third-order valence-corrected chi connectivity index (χ3v) is 4.42. The highest BCUT2D eigenvalue weighted by Crippen LogP contribution is 2.32. The maximum absolute atomic E-state index is 11.2. The van der Waals surface area contributed by atoms with Gasteiger partial charge < -0.3 is 5.11 Å². The molecule has 0 bridgehead atoms. The van der Waals surface area contributed by atoms with E-state index < -0.39 is 5.97 Å². The van der Waals surface area contributed by atoms with Crippen molar-refractivity contribution in [2.75, 3.05) is 13.1 Å². The van der Waals surface area contributed by atoms with Crippen LogP contribution >= 0.6 is 0 Å². The lowest BCUT2D eigenvalue weighted by Crippen LogP contribution is -2.26. The molecule has 21 heavy (non-hydrogen) atoms. The molecule has 1 heterocycles. The second-order valence-electron chi connectivity index (χ2n) is 5.85. The molecule has 0 aromatic heterocycles. The van der Waals surface area contributed by atoms with E-state index in [2.05, 4.69) is 4.90 Å². The number of aliphatic carboxylic acids is 1. The summed E-state index contributed by atoms with van der Waals surface area (Å²) in [5.74, 6) is -1.05. The van der Waals surface area contributed by atoms with E-state index in [-0.39, 0.29) is 28.5 Å². The zero-order valence-corrected chi connectivity index (χ0v) is 12.4. The van der Waals surface area contributed by atoms with Crippen molar-refractivity contribution in [1.82, 2.24) is 4.90 Å². The number of aryl methyl sites for hydroxylation is 1. The van der Waals surface area contributed by atoms with E-state index in [1.54, 1.807) is 19.1 Å². The van der Waals surface area contributed by atoms with Gasteiger partial charge in [-0.05, 0) is 25.3 Å². The Morgan fingerprint density at radius 2 is 2.14 bits per heavy atom. The molecular formula is C15H20N2O4. The number of rotatable bonds is 4. The Kier molecular flexibility index (Phi) is 4.27. The lowest BCUT2D eigenvalue weighted by molar-refractivity contribution is -0.385. The highest BCUT2D eigenvalue weighted by atomic mass is 16.6. The average molecular weight is 292 g/mol. The molecule has 2 rings (SSSR count). The number of nitro benzene ring substituents is 1. The van der Waals surface area contributed by atoms with Crippen LogP contribution in [0.15, 0.2) is 18.2 Å². The third kappa shape index (κ3) is 3.05. The van der Waals surface area contributed by atoms with Crippen molar-refractivity contribution in [3.63, 3.8) is 0 Å². The van der Waals surface area contributed by atoms with Crippen molar-refractivity contribution in [2.45, 2.75) is 26.8 Å². The highest BCUT2D eigenvalue weighted by Gasteiger charge is 2.37. The molecule has 0 spiro atoms. The van der Waals surface area contributed by atoms with Gasteiger partial charge in [0.1, 0.15) is 0 Å². The molecule has 3 atom stereocenters. The molecular weight excluding hydrogens is 272 g/mol. The van der Waals surface area contributed by atoms with Gasteiger partial charge >= 0.3 is 5.97 Å². The van der Waals surface area contributed by atoms with Crippen molar-refractivity contribution >= 4 is 11.7 Å². The number of carboxylic acids is 1. The molecule has 1 saturated heterocycles. The number of hydrogen-bond donors (Lipinski definition) is 1. The topological polar surface area (TPSA) is 83.7 Å². The van der Waals surface area contributed by atoms with Crippen LogP contribution in [0.25, 0.3) is 0 Å². The smallest absolute Gasteiger partial charge is 0.308 e. The fraction of sp³-hybridized carbons (Fsp3) is 0.533. The molecule has 0 amide bonds. The van der Waals surface area contributed by atoms with E-state index in [1.807, 2.05) is 19.9 Å². The van der Waals surface area contributed by atoms with E-state index in [0.29, 0.717) is 18.7 Å². The van der Waals surface area contributed by atoms with E-state index >= 15 is 0 Å². The summed E-state index contributed by atoms with van der Waals surface area (Å²) in [7, 11) is 0. The summed E-state index contributed by atoms with van der Waals surface area (Å²) < 4.78 is 0. The number of nitro groups is 1. The van der Waals surface area contributed by atoms with Crippen LogP contribution in [-0.2, 0) is 4.79 Å². The molecule has 0 radical (unpaired) electrons. The van der Waals surface area contributed by atoms with Crippen LogP contribution in [-0.4, -0.2) is 34.0 Å². The van der Waals surface area contributed by atoms with E-state index in [1.165, 1.54) is 0 Å². The van der Waals surface area contributed by atoms with Crippen LogP contribution < -0.4 is 0 Å². The van der Waals surface area contributed by atoms with Gasteiger partial charge in [0.25, 0.3) is 5.69 Å². The van der Waals surface area contributed by atoms with Crippen LogP contribution in [0.1, 0.15) is 31.0 Å². The van der Waals surface area contributed by atoms with Crippen LogP contribution in [0.3, 0.4) is 0 Å². The lowest BCUT2D eigenvalue weighted by atomic mass is 9.99. The molecule has 1 aromatic carbocycles. The van der Waals surface area contributed by atoms with Gasteiger partial charge in [-0.3, -0.25) is 19.8 Å². The van der Waals surface area contributed by atoms with E-state index in [9.17, 15) is 20.0 Å². The van der Waals surface area contributed by atoms with Crippen molar-refractivity contribution in [3.8, 4) is 0 Å². The lowest BCUT2D eigenvalue weighted by Gasteiger charge is -2.24. The number of likely N-dealkylation sites (tertiary alicyclic amines) is 1. The monoisotopic (exact) mass is 292 g/mol. The van der Waals surface area contributed by atoms with Crippen molar-refractivity contribution in [1.29, 1.82) is 0 Å². The maximum atomic E-state index is 11.2. The first-order chi connectivity index (χ1) is 9.81. The molecule has 1 fully saturated rings. The summed E-state index contributed by atoms with van der Waals surface area (Å²) in [6.45, 7) is 6.79. The number of hydrogen-bond acceptors (Lipinski definition) is 4. The Labute approximate surface area is 123 Å². The standard InChI is InChI=1S/C15H20N2O4/c1-9-4-5-12(6-14(9)17(20)21)11(3)16-7-10(2)13(8-16)15(18)19/h4-6,10-11,13H,7-8H2,1-3H3,(H,18,19). The van der Waals surface area contributed by atoms with Crippen LogP contribution in [0.2, 0.25) is 0 Å². The molecule has 1 aliphatic rings. The minimum atomic E-state index is -0.771. The van der Waals surface area contributed by atoms with Gasteiger partial charge in [-0.25, -0.2) is 0 Å². The SMILES string of the molecule is Cc1ccc(C(C)N2CC(C)C(C(=O)O)C2)cc1[N+](=O)[O-]. The summed E-state index contributed by atoms with van der Waals surface area (Å²) in [6, 6.07) is 5.19. The average Bonchev–Trinajstić information content (AvgIpc) is 2.80. The predicted octanol–water partition coefficient (Wildman–Crippen LogP) is 2.62. The van der Waals surface area contributed by atoms with Gasteiger partial charge in [-0.15, -0.1) is 0 Å². The Bertz CT molecular complexity index is 573. The summed E-state index contributed by atoms with van der Waals surface area (Å²) in [4.78, 5) is 23.9. The number of benzene rings is 1. The van der Waals surface area contributed by atoms with Crippen molar-refractivity contribution < 1.29 is 14.8 Å². The summed E-state index contributed by atoms with van der Waals surface area (Å²) in [5, 5.41) is 20.2. The molecule has 6 nitrogen and oxygen atoms in total. The van der Waals surface area contributed by atoms with Gasteiger partial charge in [-0.1, -0.05) is 19.1 Å². The molecule has 6 heteroatoms. The normalized spacial score (nSPS) is 24.0. The van der Waals surface area contributed by atoms with Gasteiger partial charge in [0.2, 0.25) is 0 Å². The Balaban J connectivity index is 2.21. The number of nitrogens with zero attached hydrogens (tertiary/aromatic N) is 2. The van der Waals surface area contributed by atoms with Gasteiger partial charge in [0.15, 0.2) is 0 Å². The zero-order chi connectivity index (χ0) is 15.7. The fourth-order valence-corrected chi connectivity index (χ4v) is 2.94. The Morgan fingerprint density at radius 3 is 2.67 bits per heavy atom. The highest BCUT2D eigenvalue weighted by molar-refractivity contribution is 5.71. The quantitative estimate of drug-likeness (QED) is 0.681. The predicted molar refractivity (Wildman–Crippen MR) is 78.1 cm³/mol. The van der Waals surface area contributed by atoms with Gasteiger partial charge in [0.05, 0.1) is 10.8 Å². The minimum absolute atomic E-state index is 0.0314. The number of carboxylic acid groups (broad SMARTS) is 1. The van der Waals surface area contributed by atoms with Crippen LogP contribution in [0, 0.1) is 28.9 Å². The maximum Gasteiger partial charge on any atom is 0.308 e. The summed E-state index contributed by atoms with van der Waals surface area (Å²) in [6.07, 6.45) is 0. The Hall–Kier alpha value is -1.95. The first-order valence-corrected chi connectivity index (χ1v) is 7.03. The number of carbonyl (C=O) groups is 1. The molecule has 1 N–H and O–H groups in total. The third-order valence-electron chi connectivity index (χ3n) is 4.42. The fourth-order valence-electron chi connectivity index (χ4n) is 2.94. The largest absolute Gasteiger partial charge is 0.481 e. The zero-order valence-electron chi connectivity index (χ0n) is 12.4. The van der Waals surface area contributed by atoms with Crippen molar-refractivity contribution in [3.05, 3.63) is 39.4 Å². The molecule has 0 aliphatic carbocycles. The Morgan fingerprint density at radius 1 is 1.48 bits per heavy atom. The van der Waals surface area contributed by atoms with Gasteiger partial charge in [-0.2, -0.15) is 0 Å².